The molecule has 0 fully saturated rings. The lowest BCUT2D eigenvalue weighted by Gasteiger charge is -1.97. The van der Waals surface area contributed by atoms with E-state index in [0.29, 0.717) is 11.6 Å². The fourth-order valence-corrected chi connectivity index (χ4v) is 1.51. The van der Waals surface area contributed by atoms with E-state index >= 15 is 0 Å². The number of hydrogen-bond acceptors (Lipinski definition) is 3. The van der Waals surface area contributed by atoms with E-state index in [2.05, 4.69) is 15.0 Å². The van der Waals surface area contributed by atoms with Gasteiger partial charge in [-0.25, -0.2) is 9.97 Å². The number of nitrogen functional groups attached to an aromatic ring is 1. The molecule has 0 amide bonds. The molecule has 0 aromatic carbocycles. The summed E-state index contributed by atoms with van der Waals surface area (Å²) in [6.07, 6.45) is 0. The van der Waals surface area contributed by atoms with Crippen molar-refractivity contribution in [3.63, 3.8) is 0 Å². The summed E-state index contributed by atoms with van der Waals surface area (Å²) in [5.41, 5.74) is 8.86. The molecule has 0 saturated carbocycles. The largest absolute Gasteiger partial charge is 0.383 e. The van der Waals surface area contributed by atoms with E-state index in [1.54, 1.807) is 0 Å². The second-order valence-electron chi connectivity index (χ2n) is 3.25. The molecule has 2 heterocycles. The highest BCUT2D eigenvalue weighted by molar-refractivity contribution is 5.90. The van der Waals surface area contributed by atoms with Crippen LogP contribution < -0.4 is 5.73 Å². The van der Waals surface area contributed by atoms with Crippen LogP contribution in [0.3, 0.4) is 0 Å². The van der Waals surface area contributed by atoms with Crippen molar-refractivity contribution in [1.29, 1.82) is 0 Å². The summed E-state index contributed by atoms with van der Waals surface area (Å²) in [6.45, 7) is 5.86. The Labute approximate surface area is 76.2 Å². The molecular formula is C9H12N4. The average Bonchev–Trinajstić information content (AvgIpc) is 2.27. The Morgan fingerprint density at radius 2 is 1.85 bits per heavy atom. The zero-order chi connectivity index (χ0) is 9.59. The molecule has 0 radical (unpaired) electrons. The minimum absolute atomic E-state index is 0.560. The van der Waals surface area contributed by atoms with Crippen LogP contribution in [0.1, 0.15) is 17.1 Å². The molecule has 68 valence electrons. The smallest absolute Gasteiger partial charge is 0.143 e. The molecule has 0 aliphatic carbocycles. The van der Waals surface area contributed by atoms with Gasteiger partial charge in [-0.05, 0) is 26.3 Å². The van der Waals surface area contributed by atoms with Crippen LogP contribution in [-0.2, 0) is 0 Å². The van der Waals surface area contributed by atoms with Crippen LogP contribution in [-0.4, -0.2) is 15.0 Å². The van der Waals surface area contributed by atoms with Crippen molar-refractivity contribution in [2.24, 2.45) is 0 Å². The van der Waals surface area contributed by atoms with Crippen LogP contribution in [0.5, 0.6) is 0 Å². The molecular weight excluding hydrogens is 164 g/mol. The summed E-state index contributed by atoms with van der Waals surface area (Å²) in [6, 6.07) is 0. The van der Waals surface area contributed by atoms with E-state index in [4.69, 9.17) is 5.73 Å². The van der Waals surface area contributed by atoms with Gasteiger partial charge >= 0.3 is 0 Å². The highest BCUT2D eigenvalue weighted by Crippen LogP contribution is 2.23. The van der Waals surface area contributed by atoms with Gasteiger partial charge in [0.1, 0.15) is 17.3 Å². The first-order valence-electron chi connectivity index (χ1n) is 4.18. The first kappa shape index (κ1) is 8.04. The number of nitrogens with zero attached hydrogens (tertiary/aromatic N) is 2. The second-order valence-corrected chi connectivity index (χ2v) is 3.25. The van der Waals surface area contributed by atoms with Crippen LogP contribution in [0.15, 0.2) is 0 Å². The van der Waals surface area contributed by atoms with Gasteiger partial charge in [-0.1, -0.05) is 0 Å². The lowest BCUT2D eigenvalue weighted by atomic mass is 10.2. The van der Waals surface area contributed by atoms with E-state index in [1.807, 2.05) is 20.8 Å². The molecule has 4 nitrogen and oxygen atoms in total. The van der Waals surface area contributed by atoms with E-state index in [0.717, 1.165) is 22.3 Å². The highest BCUT2D eigenvalue weighted by Gasteiger charge is 2.09. The Hall–Kier alpha value is -1.58. The first-order chi connectivity index (χ1) is 6.09. The fraction of sp³-hybridized carbons (Fsp3) is 0.333. The SMILES string of the molecule is Cc1nc(N)c2c(C)c(C)[nH]c2n1. The van der Waals surface area contributed by atoms with Gasteiger partial charge in [0, 0.05) is 5.69 Å². The standard InChI is InChI=1S/C9H12N4/c1-4-5(2)11-9-7(4)8(10)12-6(3)13-9/h1-3H3,(H3,10,11,12,13). The van der Waals surface area contributed by atoms with Crippen LogP contribution in [0.2, 0.25) is 0 Å². The topological polar surface area (TPSA) is 67.6 Å². The quantitative estimate of drug-likeness (QED) is 0.638. The number of aryl methyl sites for hydroxylation is 3. The molecule has 2 aromatic heterocycles. The number of aromatic amines is 1. The maximum Gasteiger partial charge on any atom is 0.143 e. The number of H-pyrrole nitrogens is 1. The predicted molar refractivity (Wildman–Crippen MR) is 52.5 cm³/mol. The Morgan fingerprint density at radius 1 is 1.15 bits per heavy atom. The molecule has 0 bridgehead atoms. The second kappa shape index (κ2) is 2.45. The van der Waals surface area contributed by atoms with Crippen molar-refractivity contribution < 1.29 is 0 Å². The third kappa shape index (κ3) is 1.06. The molecule has 0 spiro atoms. The number of nitrogens with one attached hydrogen (secondary N) is 1. The van der Waals surface area contributed by atoms with E-state index in [-0.39, 0.29) is 0 Å². The highest BCUT2D eigenvalue weighted by atomic mass is 15.0. The van der Waals surface area contributed by atoms with E-state index in [1.165, 1.54) is 0 Å². The van der Waals surface area contributed by atoms with Gasteiger partial charge < -0.3 is 10.7 Å². The van der Waals surface area contributed by atoms with E-state index in [9.17, 15) is 0 Å². The first-order valence-corrected chi connectivity index (χ1v) is 4.18. The molecule has 0 saturated heterocycles. The summed E-state index contributed by atoms with van der Waals surface area (Å²) >= 11 is 0. The maximum absolute atomic E-state index is 5.80. The molecule has 2 aromatic rings. The van der Waals surface area contributed by atoms with Crippen LogP contribution in [0.4, 0.5) is 5.82 Å². The summed E-state index contributed by atoms with van der Waals surface area (Å²) in [5, 5.41) is 0.947. The minimum atomic E-state index is 0.560. The summed E-state index contributed by atoms with van der Waals surface area (Å²) in [7, 11) is 0. The molecule has 0 unspecified atom stereocenters. The summed E-state index contributed by atoms with van der Waals surface area (Å²) in [5.74, 6) is 1.26. The normalized spacial score (nSPS) is 11.0. The Balaban J connectivity index is 2.94. The van der Waals surface area contributed by atoms with Gasteiger partial charge in [-0.15, -0.1) is 0 Å². The molecule has 0 aliphatic rings. The zero-order valence-corrected chi connectivity index (χ0v) is 7.97. The van der Waals surface area contributed by atoms with Crippen molar-refractivity contribution >= 4 is 16.9 Å². The Kier molecular flexibility index (Phi) is 1.52. The average molecular weight is 176 g/mol. The Bertz CT molecular complexity index is 470. The number of anilines is 1. The molecule has 0 aliphatic heterocycles. The number of aromatic nitrogens is 3. The van der Waals surface area contributed by atoms with Crippen molar-refractivity contribution in [3.05, 3.63) is 17.1 Å². The molecule has 13 heavy (non-hydrogen) atoms. The number of hydrogen-bond donors (Lipinski definition) is 2. The fourth-order valence-electron chi connectivity index (χ4n) is 1.51. The third-order valence-electron chi connectivity index (χ3n) is 2.29. The van der Waals surface area contributed by atoms with Crippen LogP contribution >= 0.6 is 0 Å². The Morgan fingerprint density at radius 3 is 2.54 bits per heavy atom. The summed E-state index contributed by atoms with van der Waals surface area (Å²) in [4.78, 5) is 11.6. The molecule has 3 N–H and O–H groups in total. The number of fused-ring (bicyclic) bond motifs is 1. The van der Waals surface area contributed by atoms with Crippen LogP contribution in [0, 0.1) is 20.8 Å². The predicted octanol–water partition coefficient (Wildman–Crippen LogP) is 1.47. The van der Waals surface area contributed by atoms with Crippen molar-refractivity contribution in [2.45, 2.75) is 20.8 Å². The maximum atomic E-state index is 5.80. The lowest BCUT2D eigenvalue weighted by Crippen LogP contribution is -1.96. The molecule has 2 rings (SSSR count). The lowest BCUT2D eigenvalue weighted by molar-refractivity contribution is 1.08. The third-order valence-corrected chi connectivity index (χ3v) is 2.29. The van der Waals surface area contributed by atoms with Crippen molar-refractivity contribution in [2.75, 3.05) is 5.73 Å². The van der Waals surface area contributed by atoms with Gasteiger partial charge in [-0.2, -0.15) is 0 Å². The van der Waals surface area contributed by atoms with Crippen LogP contribution in [0.25, 0.3) is 11.0 Å². The molecule has 4 heteroatoms. The zero-order valence-electron chi connectivity index (χ0n) is 7.97. The minimum Gasteiger partial charge on any atom is -0.383 e. The number of rotatable bonds is 0. The summed E-state index contributed by atoms with van der Waals surface area (Å²) < 4.78 is 0. The van der Waals surface area contributed by atoms with Gasteiger partial charge in [0.05, 0.1) is 5.39 Å². The van der Waals surface area contributed by atoms with Crippen molar-refractivity contribution in [3.8, 4) is 0 Å². The molecule has 0 atom stereocenters. The van der Waals surface area contributed by atoms with E-state index < -0.39 is 0 Å². The van der Waals surface area contributed by atoms with Gasteiger partial charge in [-0.3, -0.25) is 0 Å². The van der Waals surface area contributed by atoms with Gasteiger partial charge in [0.25, 0.3) is 0 Å². The number of nitrogens with two attached hydrogens (primary N) is 1. The monoisotopic (exact) mass is 176 g/mol. The van der Waals surface area contributed by atoms with Gasteiger partial charge in [0.2, 0.25) is 0 Å². The van der Waals surface area contributed by atoms with Crippen molar-refractivity contribution in [1.82, 2.24) is 15.0 Å². The van der Waals surface area contributed by atoms with Gasteiger partial charge in [0.15, 0.2) is 0 Å².